The predicted octanol–water partition coefficient (Wildman–Crippen LogP) is 1.94. The molecule has 0 atom stereocenters. The molecule has 0 aliphatic carbocycles. The molecule has 0 bridgehead atoms. The predicted molar refractivity (Wildman–Crippen MR) is 76.3 cm³/mol. The van der Waals surface area contributed by atoms with E-state index in [0.717, 1.165) is 12.1 Å². The number of ether oxygens (including phenoxy) is 1. The Morgan fingerprint density at radius 3 is 2.75 bits per heavy atom. The zero-order valence-corrected chi connectivity index (χ0v) is 11.8. The molecular formula is C15H19N3O2. The molecule has 0 unspecified atom stereocenters. The van der Waals surface area contributed by atoms with Gasteiger partial charge in [0.1, 0.15) is 5.75 Å². The molecule has 0 spiro atoms. The fraction of sp³-hybridized carbons (Fsp3) is 0.333. The maximum Gasteiger partial charge on any atom is 0.260 e. The van der Waals surface area contributed by atoms with Crippen molar-refractivity contribution >= 4 is 5.91 Å². The number of rotatable bonds is 6. The molecule has 0 radical (unpaired) electrons. The highest BCUT2D eigenvalue weighted by atomic mass is 16.5. The third kappa shape index (κ3) is 3.85. The number of para-hydroxylation sites is 1. The van der Waals surface area contributed by atoms with Gasteiger partial charge in [-0.05, 0) is 19.1 Å². The molecule has 20 heavy (non-hydrogen) atoms. The number of likely N-dealkylation sites (N-methyl/N-ethyl adjacent to an activating group) is 1. The average Bonchev–Trinajstić information content (AvgIpc) is 2.93. The van der Waals surface area contributed by atoms with Gasteiger partial charge in [-0.15, -0.1) is 0 Å². The summed E-state index contributed by atoms with van der Waals surface area (Å²) in [4.78, 5) is 13.6. The Bertz CT molecular complexity index is 551. The van der Waals surface area contributed by atoms with E-state index in [0.29, 0.717) is 12.3 Å². The van der Waals surface area contributed by atoms with E-state index in [4.69, 9.17) is 4.74 Å². The molecule has 0 N–H and O–H groups in total. The first kappa shape index (κ1) is 14.1. The van der Waals surface area contributed by atoms with E-state index in [1.165, 1.54) is 0 Å². The molecule has 2 rings (SSSR count). The number of amides is 1. The van der Waals surface area contributed by atoms with E-state index >= 15 is 0 Å². The average molecular weight is 273 g/mol. The molecule has 5 nitrogen and oxygen atoms in total. The van der Waals surface area contributed by atoms with Gasteiger partial charge in [0.15, 0.2) is 6.61 Å². The van der Waals surface area contributed by atoms with Crippen molar-refractivity contribution in [2.45, 2.75) is 20.0 Å². The van der Waals surface area contributed by atoms with Crippen molar-refractivity contribution in [3.8, 4) is 5.75 Å². The lowest BCUT2D eigenvalue weighted by molar-refractivity contribution is -0.132. The number of nitrogens with zero attached hydrogens (tertiary/aromatic N) is 3. The first-order valence-corrected chi connectivity index (χ1v) is 6.62. The van der Waals surface area contributed by atoms with Gasteiger partial charge in [0.2, 0.25) is 0 Å². The van der Waals surface area contributed by atoms with Crippen LogP contribution in [0.3, 0.4) is 0 Å². The number of benzene rings is 1. The molecule has 0 fully saturated rings. The fourth-order valence-corrected chi connectivity index (χ4v) is 1.80. The van der Waals surface area contributed by atoms with Crippen LogP contribution >= 0.6 is 0 Å². The highest BCUT2D eigenvalue weighted by molar-refractivity contribution is 5.77. The first-order valence-electron chi connectivity index (χ1n) is 6.62. The summed E-state index contributed by atoms with van der Waals surface area (Å²) in [5.41, 5.74) is 1.02. The molecule has 0 saturated heterocycles. The topological polar surface area (TPSA) is 47.4 Å². The third-order valence-electron chi connectivity index (χ3n) is 2.96. The van der Waals surface area contributed by atoms with Crippen LogP contribution in [0.4, 0.5) is 0 Å². The zero-order chi connectivity index (χ0) is 14.4. The van der Waals surface area contributed by atoms with E-state index in [-0.39, 0.29) is 12.5 Å². The molecule has 5 heteroatoms. The highest BCUT2D eigenvalue weighted by Gasteiger charge is 2.11. The van der Waals surface area contributed by atoms with E-state index in [2.05, 4.69) is 5.10 Å². The summed E-state index contributed by atoms with van der Waals surface area (Å²) in [5.74, 6) is 0.645. The van der Waals surface area contributed by atoms with Gasteiger partial charge < -0.3 is 9.64 Å². The van der Waals surface area contributed by atoms with Crippen LogP contribution in [0.25, 0.3) is 0 Å². The van der Waals surface area contributed by atoms with Crippen molar-refractivity contribution in [1.29, 1.82) is 0 Å². The van der Waals surface area contributed by atoms with Crippen LogP contribution < -0.4 is 4.74 Å². The fourth-order valence-electron chi connectivity index (χ4n) is 1.80. The molecule has 1 heterocycles. The Morgan fingerprint density at radius 1 is 1.35 bits per heavy atom. The standard InChI is InChI=1S/C15H19N3O2/c1-3-18-11-13(9-16-18)10-17(2)15(19)12-20-14-7-5-4-6-8-14/h4-9,11H,3,10,12H2,1-2H3. The Morgan fingerprint density at radius 2 is 2.10 bits per heavy atom. The van der Waals surface area contributed by atoms with Crippen molar-refractivity contribution in [2.75, 3.05) is 13.7 Å². The van der Waals surface area contributed by atoms with Gasteiger partial charge in [0, 0.05) is 31.9 Å². The summed E-state index contributed by atoms with van der Waals surface area (Å²) in [6, 6.07) is 9.33. The summed E-state index contributed by atoms with van der Waals surface area (Å²) in [6.45, 7) is 3.44. The van der Waals surface area contributed by atoms with Gasteiger partial charge in [-0.2, -0.15) is 5.10 Å². The minimum atomic E-state index is -0.0573. The van der Waals surface area contributed by atoms with Crippen molar-refractivity contribution in [1.82, 2.24) is 14.7 Å². The van der Waals surface area contributed by atoms with Crippen LogP contribution in [0.1, 0.15) is 12.5 Å². The second kappa shape index (κ2) is 6.75. The largest absolute Gasteiger partial charge is 0.484 e. The lowest BCUT2D eigenvalue weighted by Crippen LogP contribution is -2.30. The van der Waals surface area contributed by atoms with Crippen molar-refractivity contribution in [3.63, 3.8) is 0 Å². The van der Waals surface area contributed by atoms with E-state index < -0.39 is 0 Å². The number of hydrogen-bond acceptors (Lipinski definition) is 3. The van der Waals surface area contributed by atoms with Crippen LogP contribution in [0.15, 0.2) is 42.7 Å². The van der Waals surface area contributed by atoms with E-state index in [1.807, 2.05) is 48.1 Å². The van der Waals surface area contributed by atoms with Crippen molar-refractivity contribution < 1.29 is 9.53 Å². The van der Waals surface area contributed by atoms with Gasteiger partial charge >= 0.3 is 0 Å². The van der Waals surface area contributed by atoms with Crippen LogP contribution in [-0.2, 0) is 17.9 Å². The summed E-state index contributed by atoms with van der Waals surface area (Å²) in [5, 5.41) is 4.19. The monoisotopic (exact) mass is 273 g/mol. The molecule has 1 amide bonds. The van der Waals surface area contributed by atoms with Crippen molar-refractivity contribution in [3.05, 3.63) is 48.3 Å². The lowest BCUT2D eigenvalue weighted by atomic mass is 10.3. The summed E-state index contributed by atoms with van der Waals surface area (Å²) in [7, 11) is 1.76. The first-order chi connectivity index (χ1) is 9.69. The minimum Gasteiger partial charge on any atom is -0.484 e. The summed E-state index contributed by atoms with van der Waals surface area (Å²) < 4.78 is 7.28. The van der Waals surface area contributed by atoms with Crippen LogP contribution in [0.2, 0.25) is 0 Å². The Hall–Kier alpha value is -2.30. The van der Waals surface area contributed by atoms with Gasteiger partial charge in [-0.1, -0.05) is 18.2 Å². The van der Waals surface area contributed by atoms with Crippen LogP contribution in [0, 0.1) is 0 Å². The number of carbonyl (C=O) groups excluding carboxylic acids is 1. The summed E-state index contributed by atoms with van der Waals surface area (Å²) >= 11 is 0. The molecule has 106 valence electrons. The minimum absolute atomic E-state index is 0.0441. The molecule has 0 aliphatic heterocycles. The smallest absolute Gasteiger partial charge is 0.260 e. The van der Waals surface area contributed by atoms with Gasteiger partial charge in [-0.3, -0.25) is 9.48 Å². The Labute approximate surface area is 118 Å². The maximum absolute atomic E-state index is 12.0. The Balaban J connectivity index is 1.82. The highest BCUT2D eigenvalue weighted by Crippen LogP contribution is 2.09. The quantitative estimate of drug-likeness (QED) is 0.808. The molecule has 0 aliphatic rings. The van der Waals surface area contributed by atoms with Crippen molar-refractivity contribution in [2.24, 2.45) is 0 Å². The second-order valence-corrected chi connectivity index (χ2v) is 4.56. The molecule has 1 aromatic carbocycles. The van der Waals surface area contributed by atoms with E-state index in [9.17, 15) is 4.79 Å². The molecule has 0 saturated carbocycles. The van der Waals surface area contributed by atoms with E-state index in [1.54, 1.807) is 18.1 Å². The number of hydrogen-bond donors (Lipinski definition) is 0. The van der Waals surface area contributed by atoms with Gasteiger partial charge in [0.05, 0.1) is 6.20 Å². The summed E-state index contributed by atoms with van der Waals surface area (Å²) in [6.07, 6.45) is 3.73. The molecule has 1 aromatic heterocycles. The maximum atomic E-state index is 12.0. The molecular weight excluding hydrogens is 254 g/mol. The van der Waals surface area contributed by atoms with Gasteiger partial charge in [-0.25, -0.2) is 0 Å². The number of carbonyl (C=O) groups is 1. The Kier molecular flexibility index (Phi) is 4.76. The number of aryl methyl sites for hydroxylation is 1. The lowest BCUT2D eigenvalue weighted by Gasteiger charge is -2.16. The third-order valence-corrected chi connectivity index (χ3v) is 2.96. The SMILES string of the molecule is CCn1cc(CN(C)C(=O)COc2ccccc2)cn1. The zero-order valence-electron chi connectivity index (χ0n) is 11.8. The molecule has 2 aromatic rings. The normalized spacial score (nSPS) is 10.3. The number of aromatic nitrogens is 2. The van der Waals surface area contributed by atoms with Crippen LogP contribution in [-0.4, -0.2) is 34.2 Å². The van der Waals surface area contributed by atoms with Gasteiger partial charge in [0.25, 0.3) is 5.91 Å². The van der Waals surface area contributed by atoms with Crippen LogP contribution in [0.5, 0.6) is 5.75 Å². The second-order valence-electron chi connectivity index (χ2n) is 4.56.